The maximum absolute atomic E-state index is 12.3. The SMILES string of the molecule is O=C(OC1CCCCC1)c1cc(OC2CCCCC2)nc(Cl)n1. The molecule has 0 N–H and O–H groups in total. The molecule has 3 rings (SSSR count). The molecule has 0 bridgehead atoms. The highest BCUT2D eigenvalue weighted by Crippen LogP contribution is 2.25. The number of esters is 1. The first-order valence-electron chi connectivity index (χ1n) is 8.63. The molecule has 0 amide bonds. The molecule has 0 radical (unpaired) electrons. The van der Waals surface area contributed by atoms with Crippen LogP contribution in [0.15, 0.2) is 6.07 Å². The fourth-order valence-electron chi connectivity index (χ4n) is 3.31. The summed E-state index contributed by atoms with van der Waals surface area (Å²) < 4.78 is 11.4. The van der Waals surface area contributed by atoms with Gasteiger partial charge >= 0.3 is 5.97 Å². The van der Waals surface area contributed by atoms with Gasteiger partial charge in [0, 0.05) is 6.07 Å². The van der Waals surface area contributed by atoms with E-state index in [4.69, 9.17) is 21.1 Å². The van der Waals surface area contributed by atoms with Gasteiger partial charge in [0.1, 0.15) is 12.2 Å². The third-order valence-corrected chi connectivity index (χ3v) is 4.72. The Labute approximate surface area is 141 Å². The average molecular weight is 339 g/mol. The average Bonchev–Trinajstić information content (AvgIpc) is 2.56. The summed E-state index contributed by atoms with van der Waals surface area (Å²) in [6.45, 7) is 0. The van der Waals surface area contributed by atoms with E-state index < -0.39 is 5.97 Å². The number of hydrogen-bond donors (Lipinski definition) is 0. The first-order chi connectivity index (χ1) is 11.2. The zero-order chi connectivity index (χ0) is 16.1. The van der Waals surface area contributed by atoms with Crippen molar-refractivity contribution < 1.29 is 14.3 Å². The van der Waals surface area contributed by atoms with Crippen LogP contribution in [0.2, 0.25) is 5.28 Å². The smallest absolute Gasteiger partial charge is 0.357 e. The van der Waals surface area contributed by atoms with Crippen molar-refractivity contribution in [1.82, 2.24) is 9.97 Å². The van der Waals surface area contributed by atoms with E-state index in [-0.39, 0.29) is 23.2 Å². The third kappa shape index (κ3) is 4.80. The zero-order valence-electron chi connectivity index (χ0n) is 13.3. The van der Waals surface area contributed by atoms with Crippen molar-refractivity contribution in [2.75, 3.05) is 0 Å². The highest BCUT2D eigenvalue weighted by Gasteiger charge is 2.22. The van der Waals surface area contributed by atoms with Gasteiger partial charge in [-0.1, -0.05) is 12.8 Å². The second-order valence-electron chi connectivity index (χ2n) is 6.40. The fraction of sp³-hybridized carbons (Fsp3) is 0.706. The highest BCUT2D eigenvalue weighted by atomic mass is 35.5. The van der Waals surface area contributed by atoms with Crippen LogP contribution in [0, 0.1) is 0 Å². The van der Waals surface area contributed by atoms with Gasteiger partial charge in [-0.2, -0.15) is 4.98 Å². The molecule has 1 aromatic rings. The molecule has 0 atom stereocenters. The van der Waals surface area contributed by atoms with Crippen molar-refractivity contribution in [2.24, 2.45) is 0 Å². The molecule has 0 aliphatic heterocycles. The monoisotopic (exact) mass is 338 g/mol. The van der Waals surface area contributed by atoms with Crippen LogP contribution in [0.5, 0.6) is 5.88 Å². The third-order valence-electron chi connectivity index (χ3n) is 4.55. The number of halogens is 1. The van der Waals surface area contributed by atoms with Gasteiger partial charge in [-0.25, -0.2) is 9.78 Å². The Morgan fingerprint density at radius 2 is 1.57 bits per heavy atom. The number of ether oxygens (including phenoxy) is 2. The van der Waals surface area contributed by atoms with Crippen LogP contribution < -0.4 is 4.74 Å². The Morgan fingerprint density at radius 1 is 0.957 bits per heavy atom. The minimum Gasteiger partial charge on any atom is -0.474 e. The van der Waals surface area contributed by atoms with E-state index in [2.05, 4.69) is 9.97 Å². The second-order valence-corrected chi connectivity index (χ2v) is 6.74. The van der Waals surface area contributed by atoms with Crippen LogP contribution in [-0.2, 0) is 4.74 Å². The fourth-order valence-corrected chi connectivity index (χ4v) is 3.48. The van der Waals surface area contributed by atoms with Gasteiger partial charge in [0.05, 0.1) is 0 Å². The lowest BCUT2D eigenvalue weighted by atomic mass is 9.98. The maximum Gasteiger partial charge on any atom is 0.357 e. The van der Waals surface area contributed by atoms with Crippen molar-refractivity contribution in [3.63, 3.8) is 0 Å². The lowest BCUT2D eigenvalue weighted by molar-refractivity contribution is 0.0203. The van der Waals surface area contributed by atoms with E-state index in [1.54, 1.807) is 6.07 Å². The van der Waals surface area contributed by atoms with Crippen molar-refractivity contribution in [1.29, 1.82) is 0 Å². The number of rotatable bonds is 4. The van der Waals surface area contributed by atoms with Gasteiger partial charge in [-0.05, 0) is 63.0 Å². The first-order valence-corrected chi connectivity index (χ1v) is 9.01. The predicted molar refractivity (Wildman–Crippen MR) is 86.8 cm³/mol. The number of carbonyl (C=O) groups is 1. The summed E-state index contributed by atoms with van der Waals surface area (Å²) in [5, 5.41) is 0.0221. The molecular weight excluding hydrogens is 316 g/mol. The Hall–Kier alpha value is -1.36. The van der Waals surface area contributed by atoms with E-state index in [1.165, 1.54) is 25.7 Å². The molecule has 0 unspecified atom stereocenters. The lowest BCUT2D eigenvalue weighted by Gasteiger charge is -2.23. The number of aromatic nitrogens is 2. The molecule has 6 heteroatoms. The Morgan fingerprint density at radius 3 is 2.22 bits per heavy atom. The Balaban J connectivity index is 1.65. The van der Waals surface area contributed by atoms with E-state index in [0.29, 0.717) is 5.88 Å². The molecular formula is C17H23ClN2O3. The number of carbonyl (C=O) groups excluding carboxylic acids is 1. The molecule has 2 fully saturated rings. The molecule has 0 spiro atoms. The van der Waals surface area contributed by atoms with Crippen molar-refractivity contribution in [2.45, 2.75) is 76.4 Å². The van der Waals surface area contributed by atoms with Gasteiger partial charge in [0.2, 0.25) is 11.2 Å². The molecule has 23 heavy (non-hydrogen) atoms. The van der Waals surface area contributed by atoms with E-state index in [9.17, 15) is 4.79 Å². The largest absolute Gasteiger partial charge is 0.474 e. The number of hydrogen-bond acceptors (Lipinski definition) is 5. The molecule has 2 aliphatic rings. The second kappa shape index (κ2) is 7.95. The van der Waals surface area contributed by atoms with Crippen molar-refractivity contribution >= 4 is 17.6 Å². The van der Waals surface area contributed by atoms with Gasteiger partial charge in [-0.3, -0.25) is 0 Å². The predicted octanol–water partition coefficient (Wildman–Crippen LogP) is 4.33. The molecule has 5 nitrogen and oxygen atoms in total. The van der Waals surface area contributed by atoms with E-state index in [0.717, 1.165) is 38.5 Å². The molecule has 0 aromatic carbocycles. The topological polar surface area (TPSA) is 61.3 Å². The Kier molecular flexibility index (Phi) is 5.70. The van der Waals surface area contributed by atoms with Gasteiger partial charge in [-0.15, -0.1) is 0 Å². The van der Waals surface area contributed by atoms with E-state index >= 15 is 0 Å². The minimum atomic E-state index is -0.435. The van der Waals surface area contributed by atoms with Crippen LogP contribution in [0.25, 0.3) is 0 Å². The maximum atomic E-state index is 12.3. The van der Waals surface area contributed by atoms with Crippen LogP contribution >= 0.6 is 11.6 Å². The van der Waals surface area contributed by atoms with Crippen LogP contribution in [0.4, 0.5) is 0 Å². The van der Waals surface area contributed by atoms with E-state index in [1.807, 2.05) is 0 Å². The summed E-state index contributed by atoms with van der Waals surface area (Å²) in [6.07, 6.45) is 11.1. The molecule has 0 saturated heterocycles. The standard InChI is InChI=1S/C17H23ClN2O3/c18-17-19-14(16(21)23-13-9-5-2-6-10-13)11-15(20-17)22-12-7-3-1-4-8-12/h11-13H,1-10H2. The first kappa shape index (κ1) is 16.5. The zero-order valence-corrected chi connectivity index (χ0v) is 14.1. The van der Waals surface area contributed by atoms with Gasteiger partial charge < -0.3 is 9.47 Å². The normalized spacial score (nSPS) is 20.2. The van der Waals surface area contributed by atoms with Crippen LogP contribution in [0.3, 0.4) is 0 Å². The summed E-state index contributed by atoms with van der Waals surface area (Å²) in [6, 6.07) is 1.55. The van der Waals surface area contributed by atoms with Gasteiger partial charge in [0.15, 0.2) is 5.69 Å². The quantitative estimate of drug-likeness (QED) is 0.604. The summed E-state index contributed by atoms with van der Waals surface area (Å²) in [5.41, 5.74) is 0.182. The van der Waals surface area contributed by atoms with Crippen LogP contribution in [0.1, 0.15) is 74.7 Å². The van der Waals surface area contributed by atoms with Crippen LogP contribution in [-0.4, -0.2) is 28.1 Å². The Bertz CT molecular complexity index is 541. The molecule has 2 aliphatic carbocycles. The molecule has 126 valence electrons. The van der Waals surface area contributed by atoms with Crippen molar-refractivity contribution in [3.8, 4) is 5.88 Å². The summed E-state index contributed by atoms with van der Waals surface area (Å²) in [5.74, 6) is -0.0674. The molecule has 1 aromatic heterocycles. The van der Waals surface area contributed by atoms with Gasteiger partial charge in [0.25, 0.3) is 0 Å². The summed E-state index contributed by atoms with van der Waals surface area (Å²) >= 11 is 5.94. The lowest BCUT2D eigenvalue weighted by Crippen LogP contribution is -2.23. The number of nitrogens with zero attached hydrogens (tertiary/aromatic N) is 2. The highest BCUT2D eigenvalue weighted by molar-refractivity contribution is 6.28. The summed E-state index contributed by atoms with van der Waals surface area (Å²) in [7, 11) is 0. The minimum absolute atomic E-state index is 0.00676. The molecule has 1 heterocycles. The van der Waals surface area contributed by atoms with Crippen molar-refractivity contribution in [3.05, 3.63) is 17.0 Å². The molecule has 2 saturated carbocycles. The summed E-state index contributed by atoms with van der Waals surface area (Å²) in [4.78, 5) is 20.4.